The molecule has 1 aromatic rings. The molecule has 2 N–H and O–H groups in total. The topological polar surface area (TPSA) is 62.2 Å². The molecule has 1 heterocycles. The molecular formula is C12H16N2O2. The number of aromatic nitrogens is 1. The van der Waals surface area contributed by atoms with Crippen LogP contribution in [0.25, 0.3) is 6.08 Å². The Balaban J connectivity index is 3.02. The van der Waals surface area contributed by atoms with Crippen molar-refractivity contribution < 1.29 is 9.90 Å². The molecule has 86 valence electrons. The summed E-state index contributed by atoms with van der Waals surface area (Å²) in [5, 5.41) is 11.3. The monoisotopic (exact) mass is 220 g/mol. The maximum Gasteiger partial charge on any atom is 0.253 e. The number of carbonyl (C=O) groups excluding carboxylic acids is 1. The third-order valence-electron chi connectivity index (χ3n) is 2.16. The van der Waals surface area contributed by atoms with Gasteiger partial charge in [-0.05, 0) is 25.0 Å². The number of aryl methyl sites for hydroxylation is 1. The molecule has 0 spiro atoms. The highest BCUT2D eigenvalue weighted by molar-refractivity contribution is 5.97. The summed E-state index contributed by atoms with van der Waals surface area (Å²) < 4.78 is 0. The molecule has 1 rings (SSSR count). The average molecular weight is 220 g/mol. The number of hydrogen-bond acceptors (Lipinski definition) is 3. The quantitative estimate of drug-likeness (QED) is 0.800. The number of carbonyl (C=O) groups is 1. The zero-order valence-corrected chi connectivity index (χ0v) is 9.53. The normalized spacial score (nSPS) is 10.7. The van der Waals surface area contributed by atoms with Gasteiger partial charge in [-0.2, -0.15) is 0 Å². The minimum absolute atomic E-state index is 0.0655. The molecule has 0 aliphatic rings. The second-order valence-electron chi connectivity index (χ2n) is 3.40. The molecule has 0 radical (unpaired) electrons. The van der Waals surface area contributed by atoms with E-state index in [4.69, 9.17) is 5.11 Å². The molecule has 4 heteroatoms. The second-order valence-corrected chi connectivity index (χ2v) is 3.40. The number of hydrogen-bond donors (Lipinski definition) is 2. The number of nitrogens with one attached hydrogen (secondary N) is 1. The number of aliphatic hydroxyl groups is 1. The van der Waals surface area contributed by atoms with Crippen LogP contribution < -0.4 is 5.32 Å². The average Bonchev–Trinajstić information content (AvgIpc) is 2.29. The molecule has 0 bridgehead atoms. The summed E-state index contributed by atoms with van der Waals surface area (Å²) in [4.78, 5) is 15.8. The second kappa shape index (κ2) is 6.02. The van der Waals surface area contributed by atoms with E-state index in [1.54, 1.807) is 6.20 Å². The van der Waals surface area contributed by atoms with Crippen molar-refractivity contribution in [2.45, 2.75) is 13.8 Å². The van der Waals surface area contributed by atoms with Gasteiger partial charge in [0.2, 0.25) is 0 Å². The van der Waals surface area contributed by atoms with Crippen molar-refractivity contribution in [3.05, 3.63) is 35.2 Å². The minimum Gasteiger partial charge on any atom is -0.395 e. The fourth-order valence-electron chi connectivity index (χ4n) is 1.41. The maximum atomic E-state index is 11.8. The summed E-state index contributed by atoms with van der Waals surface area (Å²) in [6.07, 6.45) is 7.02. The Morgan fingerprint density at radius 2 is 2.31 bits per heavy atom. The van der Waals surface area contributed by atoms with Gasteiger partial charge in [-0.3, -0.25) is 9.78 Å². The molecule has 0 saturated carbocycles. The lowest BCUT2D eigenvalue weighted by Crippen LogP contribution is -2.27. The summed E-state index contributed by atoms with van der Waals surface area (Å²) in [5.74, 6) is -0.210. The van der Waals surface area contributed by atoms with Crippen LogP contribution in [0.1, 0.15) is 28.4 Å². The number of allylic oxidation sites excluding steroid dienone is 1. The van der Waals surface area contributed by atoms with Gasteiger partial charge < -0.3 is 10.4 Å². The Hall–Kier alpha value is -1.68. The summed E-state index contributed by atoms with van der Waals surface area (Å²) in [7, 11) is 0. The highest BCUT2D eigenvalue weighted by Gasteiger charge is 2.11. The van der Waals surface area contributed by atoms with E-state index in [0.717, 1.165) is 11.1 Å². The van der Waals surface area contributed by atoms with E-state index in [-0.39, 0.29) is 19.1 Å². The van der Waals surface area contributed by atoms with E-state index in [0.29, 0.717) is 5.56 Å². The Kier molecular flexibility index (Phi) is 4.66. The van der Waals surface area contributed by atoms with Crippen LogP contribution in [0.4, 0.5) is 0 Å². The van der Waals surface area contributed by atoms with Gasteiger partial charge in [0.05, 0.1) is 12.2 Å². The van der Waals surface area contributed by atoms with Crippen LogP contribution in [0, 0.1) is 6.92 Å². The minimum atomic E-state index is -0.210. The standard InChI is InChI=1S/C12H16N2O2/c1-3-4-10-9(2)7-13-8-11(10)12(16)14-5-6-15/h3-4,7-8,15H,5-6H2,1-2H3,(H,14,16)/b4-3-. The fraction of sp³-hybridized carbons (Fsp3) is 0.333. The van der Waals surface area contributed by atoms with Crippen molar-refractivity contribution in [1.82, 2.24) is 10.3 Å². The number of nitrogens with zero attached hydrogens (tertiary/aromatic N) is 1. The van der Waals surface area contributed by atoms with Crippen LogP contribution in [0.2, 0.25) is 0 Å². The number of pyridine rings is 1. The first kappa shape index (κ1) is 12.4. The number of amides is 1. The predicted molar refractivity (Wildman–Crippen MR) is 63.1 cm³/mol. The lowest BCUT2D eigenvalue weighted by atomic mass is 10.0. The third kappa shape index (κ3) is 2.90. The molecule has 1 aromatic heterocycles. The molecule has 0 atom stereocenters. The van der Waals surface area contributed by atoms with Crippen LogP contribution in [-0.2, 0) is 0 Å². The number of rotatable bonds is 4. The van der Waals surface area contributed by atoms with Gasteiger partial charge in [0.15, 0.2) is 0 Å². The van der Waals surface area contributed by atoms with E-state index in [1.807, 2.05) is 26.0 Å². The van der Waals surface area contributed by atoms with E-state index in [1.165, 1.54) is 6.20 Å². The van der Waals surface area contributed by atoms with Gasteiger partial charge >= 0.3 is 0 Å². The van der Waals surface area contributed by atoms with Crippen molar-refractivity contribution >= 4 is 12.0 Å². The van der Waals surface area contributed by atoms with Crippen LogP contribution in [-0.4, -0.2) is 29.1 Å². The molecule has 4 nitrogen and oxygen atoms in total. The van der Waals surface area contributed by atoms with Crippen molar-refractivity contribution in [3.63, 3.8) is 0 Å². The molecule has 0 fully saturated rings. The Morgan fingerprint density at radius 1 is 1.56 bits per heavy atom. The zero-order valence-electron chi connectivity index (χ0n) is 9.53. The summed E-state index contributed by atoms with van der Waals surface area (Å²) in [6.45, 7) is 3.99. The van der Waals surface area contributed by atoms with Gasteiger partial charge in [-0.15, -0.1) is 0 Å². The maximum absolute atomic E-state index is 11.8. The number of aliphatic hydroxyl groups excluding tert-OH is 1. The molecule has 0 aromatic carbocycles. The van der Waals surface area contributed by atoms with Crippen molar-refractivity contribution in [2.24, 2.45) is 0 Å². The van der Waals surface area contributed by atoms with Crippen molar-refractivity contribution in [1.29, 1.82) is 0 Å². The van der Waals surface area contributed by atoms with Gasteiger partial charge in [0.1, 0.15) is 0 Å². The lowest BCUT2D eigenvalue weighted by molar-refractivity contribution is 0.0944. The molecule has 16 heavy (non-hydrogen) atoms. The molecule has 1 amide bonds. The first-order valence-electron chi connectivity index (χ1n) is 5.17. The SMILES string of the molecule is C/C=C\c1c(C)cncc1C(=O)NCCO. The smallest absolute Gasteiger partial charge is 0.253 e. The highest BCUT2D eigenvalue weighted by atomic mass is 16.3. The Labute approximate surface area is 95.0 Å². The first-order chi connectivity index (χ1) is 7.70. The predicted octanol–water partition coefficient (Wildman–Crippen LogP) is 1.15. The van der Waals surface area contributed by atoms with Crippen LogP contribution in [0.15, 0.2) is 18.5 Å². The largest absolute Gasteiger partial charge is 0.395 e. The van der Waals surface area contributed by atoms with Crippen LogP contribution >= 0.6 is 0 Å². The third-order valence-corrected chi connectivity index (χ3v) is 2.16. The van der Waals surface area contributed by atoms with E-state index < -0.39 is 0 Å². The van der Waals surface area contributed by atoms with E-state index >= 15 is 0 Å². The summed E-state index contributed by atoms with van der Waals surface area (Å²) >= 11 is 0. The molecule has 0 unspecified atom stereocenters. The molecule has 0 saturated heterocycles. The van der Waals surface area contributed by atoms with Gasteiger partial charge in [0.25, 0.3) is 5.91 Å². The van der Waals surface area contributed by atoms with Crippen molar-refractivity contribution in [2.75, 3.05) is 13.2 Å². The van der Waals surface area contributed by atoms with E-state index in [9.17, 15) is 4.79 Å². The van der Waals surface area contributed by atoms with Crippen LogP contribution in [0.3, 0.4) is 0 Å². The zero-order chi connectivity index (χ0) is 12.0. The molecular weight excluding hydrogens is 204 g/mol. The van der Waals surface area contributed by atoms with E-state index in [2.05, 4.69) is 10.3 Å². The first-order valence-corrected chi connectivity index (χ1v) is 5.17. The summed E-state index contributed by atoms with van der Waals surface area (Å²) in [5.41, 5.74) is 2.36. The Bertz CT molecular complexity index is 400. The van der Waals surface area contributed by atoms with Gasteiger partial charge in [-0.25, -0.2) is 0 Å². The van der Waals surface area contributed by atoms with Crippen molar-refractivity contribution in [3.8, 4) is 0 Å². The fourth-order valence-corrected chi connectivity index (χ4v) is 1.41. The highest BCUT2D eigenvalue weighted by Crippen LogP contribution is 2.14. The summed E-state index contributed by atoms with van der Waals surface area (Å²) in [6, 6.07) is 0. The van der Waals surface area contributed by atoms with Crippen LogP contribution in [0.5, 0.6) is 0 Å². The molecule has 0 aliphatic carbocycles. The van der Waals surface area contributed by atoms with Gasteiger partial charge in [0, 0.05) is 18.9 Å². The molecule has 0 aliphatic heterocycles. The van der Waals surface area contributed by atoms with Gasteiger partial charge in [-0.1, -0.05) is 12.2 Å². The Morgan fingerprint density at radius 3 is 2.94 bits per heavy atom. The lowest BCUT2D eigenvalue weighted by Gasteiger charge is -2.08.